The van der Waals surface area contributed by atoms with Gasteiger partial charge in [0.05, 0.1) is 30.1 Å². The molecule has 2 aromatic rings. The van der Waals surface area contributed by atoms with Crippen LogP contribution < -0.4 is 5.73 Å². The highest BCUT2D eigenvalue weighted by Gasteiger charge is 2.32. The third-order valence-corrected chi connectivity index (χ3v) is 2.62. The van der Waals surface area contributed by atoms with E-state index < -0.39 is 17.7 Å². The third kappa shape index (κ3) is 2.58. The molecule has 5 nitrogen and oxygen atoms in total. The van der Waals surface area contributed by atoms with E-state index in [1.807, 2.05) is 0 Å². The number of ether oxygens (including phenoxy) is 1. The highest BCUT2D eigenvalue weighted by molar-refractivity contribution is 5.95. The summed E-state index contributed by atoms with van der Waals surface area (Å²) in [5, 5.41) is 3.61. The Kier molecular flexibility index (Phi) is 3.39. The van der Waals surface area contributed by atoms with Gasteiger partial charge in [0.25, 0.3) is 0 Å². The zero-order valence-electron chi connectivity index (χ0n) is 10.3. The number of carbonyl (C=O) groups is 1. The first-order chi connectivity index (χ1) is 9.32. The summed E-state index contributed by atoms with van der Waals surface area (Å²) in [6.45, 7) is 0. The predicted octanol–water partition coefficient (Wildman–Crippen LogP) is 2.26. The average molecular weight is 285 g/mol. The van der Waals surface area contributed by atoms with Crippen molar-refractivity contribution in [2.24, 2.45) is 0 Å². The number of rotatable bonds is 2. The summed E-state index contributed by atoms with van der Waals surface area (Å²) in [5.41, 5.74) is 5.23. The van der Waals surface area contributed by atoms with Crippen LogP contribution in [0.1, 0.15) is 15.9 Å². The Morgan fingerprint density at radius 3 is 2.65 bits per heavy atom. The zero-order valence-corrected chi connectivity index (χ0v) is 10.3. The van der Waals surface area contributed by atoms with Crippen LogP contribution in [0.2, 0.25) is 0 Å². The van der Waals surface area contributed by atoms with E-state index >= 15 is 0 Å². The summed E-state index contributed by atoms with van der Waals surface area (Å²) >= 11 is 0. The molecular formula is C12H10F3N3O2. The minimum absolute atomic E-state index is 0.0639. The summed E-state index contributed by atoms with van der Waals surface area (Å²) in [6, 6.07) is 4.17. The zero-order chi connectivity index (χ0) is 14.9. The maximum absolute atomic E-state index is 12.5. The Labute approximate surface area is 111 Å². The van der Waals surface area contributed by atoms with Crippen molar-refractivity contribution < 1.29 is 22.7 Å². The van der Waals surface area contributed by atoms with Crippen LogP contribution in [0, 0.1) is 0 Å². The van der Waals surface area contributed by atoms with Crippen LogP contribution in [0.5, 0.6) is 0 Å². The number of hydrogen-bond donors (Lipinski definition) is 1. The number of anilines is 1. The fraction of sp³-hybridized carbons (Fsp3) is 0.167. The number of nitrogens with zero attached hydrogens (tertiary/aromatic N) is 2. The molecule has 0 radical (unpaired) electrons. The minimum Gasteiger partial charge on any atom is -0.465 e. The van der Waals surface area contributed by atoms with Gasteiger partial charge in [-0.05, 0) is 18.2 Å². The number of alkyl halides is 3. The number of hydrogen-bond acceptors (Lipinski definition) is 4. The van der Waals surface area contributed by atoms with Crippen LogP contribution in [0.4, 0.5) is 18.9 Å². The van der Waals surface area contributed by atoms with Crippen LogP contribution >= 0.6 is 0 Å². The summed E-state index contributed by atoms with van der Waals surface area (Å²) in [6.07, 6.45) is -2.95. The Morgan fingerprint density at radius 1 is 1.40 bits per heavy atom. The van der Waals surface area contributed by atoms with E-state index in [1.165, 1.54) is 25.3 Å². The lowest BCUT2D eigenvalue weighted by Crippen LogP contribution is -2.07. The van der Waals surface area contributed by atoms with Gasteiger partial charge in [-0.15, -0.1) is 0 Å². The molecule has 0 saturated carbocycles. The maximum Gasteiger partial charge on any atom is 0.419 e. The summed E-state index contributed by atoms with van der Waals surface area (Å²) in [7, 11) is 1.18. The summed E-state index contributed by atoms with van der Waals surface area (Å²) < 4.78 is 43.0. The molecule has 0 fully saturated rings. The van der Waals surface area contributed by atoms with Crippen molar-refractivity contribution in [1.82, 2.24) is 9.78 Å². The molecule has 106 valence electrons. The van der Waals surface area contributed by atoms with Crippen molar-refractivity contribution in [2.45, 2.75) is 6.18 Å². The molecule has 2 rings (SSSR count). The number of methoxy groups -OCH3 is 1. The van der Waals surface area contributed by atoms with Gasteiger partial charge >= 0.3 is 12.1 Å². The van der Waals surface area contributed by atoms with Crippen molar-refractivity contribution in [3.8, 4) is 5.69 Å². The number of carbonyl (C=O) groups excluding carboxylic acids is 1. The average Bonchev–Trinajstić information content (AvgIpc) is 2.88. The molecule has 0 unspecified atom stereocenters. The van der Waals surface area contributed by atoms with Gasteiger partial charge in [0.2, 0.25) is 0 Å². The van der Waals surface area contributed by atoms with Gasteiger partial charge in [-0.2, -0.15) is 18.3 Å². The maximum atomic E-state index is 12.5. The Bertz CT molecular complexity index is 650. The second kappa shape index (κ2) is 4.87. The lowest BCUT2D eigenvalue weighted by atomic mass is 10.1. The number of nitrogen functional groups attached to an aromatic ring is 1. The highest BCUT2D eigenvalue weighted by atomic mass is 19.4. The van der Waals surface area contributed by atoms with Crippen LogP contribution in [-0.2, 0) is 10.9 Å². The number of nitrogens with two attached hydrogens (primary N) is 1. The van der Waals surface area contributed by atoms with Gasteiger partial charge in [-0.25, -0.2) is 9.48 Å². The standard InChI is InChI=1S/C12H10F3N3O2/c1-20-11(19)9-4-8(2-3-10(9)16)18-6-7(5-17-18)12(13,14)15/h2-6H,16H2,1H3. The molecule has 1 aromatic heterocycles. The topological polar surface area (TPSA) is 70.1 Å². The molecule has 0 bridgehead atoms. The fourth-order valence-electron chi connectivity index (χ4n) is 1.58. The van der Waals surface area contributed by atoms with E-state index in [0.717, 1.165) is 10.9 Å². The molecule has 0 atom stereocenters. The number of esters is 1. The van der Waals surface area contributed by atoms with Gasteiger partial charge < -0.3 is 10.5 Å². The van der Waals surface area contributed by atoms with Crippen molar-refractivity contribution >= 4 is 11.7 Å². The molecule has 0 saturated heterocycles. The first-order valence-corrected chi connectivity index (χ1v) is 5.43. The second-order valence-electron chi connectivity index (χ2n) is 3.93. The molecule has 0 aliphatic carbocycles. The first-order valence-electron chi connectivity index (χ1n) is 5.43. The van der Waals surface area contributed by atoms with Crippen LogP contribution in [0.25, 0.3) is 5.69 Å². The molecule has 0 aliphatic heterocycles. The molecule has 0 spiro atoms. The molecule has 0 aliphatic rings. The molecule has 2 N–H and O–H groups in total. The SMILES string of the molecule is COC(=O)c1cc(-n2cc(C(F)(F)F)cn2)ccc1N. The van der Waals surface area contributed by atoms with Gasteiger partial charge in [-0.3, -0.25) is 0 Å². The van der Waals surface area contributed by atoms with Crippen LogP contribution in [0.15, 0.2) is 30.6 Å². The Morgan fingerprint density at radius 2 is 2.10 bits per heavy atom. The molecule has 1 heterocycles. The van der Waals surface area contributed by atoms with Gasteiger partial charge in [0.15, 0.2) is 0 Å². The highest BCUT2D eigenvalue weighted by Crippen LogP contribution is 2.29. The van der Waals surface area contributed by atoms with Gasteiger partial charge in [0, 0.05) is 11.9 Å². The summed E-state index contributed by atoms with van der Waals surface area (Å²) in [4.78, 5) is 11.5. The smallest absolute Gasteiger partial charge is 0.419 e. The molecule has 8 heteroatoms. The lowest BCUT2D eigenvalue weighted by molar-refractivity contribution is -0.137. The van der Waals surface area contributed by atoms with Gasteiger partial charge in [0.1, 0.15) is 0 Å². The molecular weight excluding hydrogens is 275 g/mol. The number of aromatic nitrogens is 2. The normalized spacial score (nSPS) is 11.4. The Hall–Kier alpha value is -2.51. The second-order valence-corrected chi connectivity index (χ2v) is 3.93. The Balaban J connectivity index is 2.43. The minimum atomic E-state index is -4.47. The number of halogens is 3. The van der Waals surface area contributed by atoms with Crippen LogP contribution in [0.3, 0.4) is 0 Å². The number of benzene rings is 1. The van der Waals surface area contributed by atoms with E-state index in [2.05, 4.69) is 9.84 Å². The van der Waals surface area contributed by atoms with Crippen molar-refractivity contribution in [2.75, 3.05) is 12.8 Å². The van der Waals surface area contributed by atoms with Crippen LogP contribution in [-0.4, -0.2) is 22.9 Å². The quantitative estimate of drug-likeness (QED) is 0.678. The molecule has 1 aromatic carbocycles. The van der Waals surface area contributed by atoms with Crippen molar-refractivity contribution in [3.05, 3.63) is 41.7 Å². The van der Waals surface area contributed by atoms with Crippen molar-refractivity contribution in [3.63, 3.8) is 0 Å². The molecule has 0 amide bonds. The van der Waals surface area contributed by atoms with E-state index in [0.29, 0.717) is 6.20 Å². The monoisotopic (exact) mass is 285 g/mol. The van der Waals surface area contributed by atoms with E-state index in [4.69, 9.17) is 5.73 Å². The lowest BCUT2D eigenvalue weighted by Gasteiger charge is -2.07. The fourth-order valence-corrected chi connectivity index (χ4v) is 1.58. The largest absolute Gasteiger partial charge is 0.465 e. The van der Waals surface area contributed by atoms with E-state index in [1.54, 1.807) is 0 Å². The van der Waals surface area contributed by atoms with Gasteiger partial charge in [-0.1, -0.05) is 0 Å². The summed E-state index contributed by atoms with van der Waals surface area (Å²) in [5.74, 6) is -0.674. The molecule has 20 heavy (non-hydrogen) atoms. The van der Waals surface area contributed by atoms with E-state index in [-0.39, 0.29) is 16.9 Å². The first kappa shape index (κ1) is 13.9. The van der Waals surface area contributed by atoms with E-state index in [9.17, 15) is 18.0 Å². The van der Waals surface area contributed by atoms with Crippen molar-refractivity contribution in [1.29, 1.82) is 0 Å². The predicted molar refractivity (Wildman–Crippen MR) is 64.3 cm³/mol. The third-order valence-electron chi connectivity index (χ3n) is 2.62.